The molecule has 1 aromatic rings. The maximum atomic E-state index is 8.44. The van der Waals surface area contributed by atoms with Gasteiger partial charge >= 0.3 is 0 Å². The summed E-state index contributed by atoms with van der Waals surface area (Å²) >= 11 is 11.5. The number of aromatic nitrogens is 1. The van der Waals surface area contributed by atoms with Crippen LogP contribution in [-0.4, -0.2) is 4.98 Å². The fourth-order valence-corrected chi connectivity index (χ4v) is 1.33. The van der Waals surface area contributed by atoms with Crippen LogP contribution in [0.25, 0.3) is 0 Å². The van der Waals surface area contributed by atoms with E-state index in [1.54, 1.807) is 6.07 Å². The number of nitrogens with zero attached hydrogens (tertiary/aromatic N) is 2. The number of hydrogen-bond donors (Lipinski definition) is 1. The Morgan fingerprint density at radius 2 is 2.31 bits per heavy atom. The second kappa shape index (κ2) is 4.43. The SMILES string of the molecule is N#CCC(N)c1cc(Cl)ncc1Cl. The molecule has 1 atom stereocenters. The molecular formula is C8H7Cl2N3. The van der Waals surface area contributed by atoms with Crippen molar-refractivity contribution in [1.29, 1.82) is 5.26 Å². The van der Waals surface area contributed by atoms with Gasteiger partial charge in [-0.25, -0.2) is 4.98 Å². The van der Waals surface area contributed by atoms with Crippen LogP contribution >= 0.6 is 23.2 Å². The minimum atomic E-state index is -0.405. The third kappa shape index (κ3) is 2.56. The summed E-state index contributed by atoms with van der Waals surface area (Å²) < 4.78 is 0. The Morgan fingerprint density at radius 1 is 1.62 bits per heavy atom. The van der Waals surface area contributed by atoms with Crippen molar-refractivity contribution in [2.75, 3.05) is 0 Å². The Morgan fingerprint density at radius 3 is 2.92 bits per heavy atom. The molecule has 0 bridgehead atoms. The minimum absolute atomic E-state index is 0.208. The highest BCUT2D eigenvalue weighted by atomic mass is 35.5. The normalized spacial score (nSPS) is 12.2. The molecule has 0 aromatic carbocycles. The molecule has 1 unspecified atom stereocenters. The van der Waals surface area contributed by atoms with Crippen molar-refractivity contribution < 1.29 is 0 Å². The summed E-state index contributed by atoms with van der Waals surface area (Å²) in [7, 11) is 0. The van der Waals surface area contributed by atoms with Gasteiger partial charge in [-0.3, -0.25) is 0 Å². The van der Waals surface area contributed by atoms with Crippen LogP contribution < -0.4 is 5.73 Å². The van der Waals surface area contributed by atoms with E-state index in [0.717, 1.165) is 0 Å². The van der Waals surface area contributed by atoms with Crippen molar-refractivity contribution in [1.82, 2.24) is 4.98 Å². The second-order valence-corrected chi connectivity index (χ2v) is 3.29. The van der Waals surface area contributed by atoms with Gasteiger partial charge in [-0.1, -0.05) is 23.2 Å². The smallest absolute Gasteiger partial charge is 0.129 e. The van der Waals surface area contributed by atoms with Crippen molar-refractivity contribution in [3.8, 4) is 6.07 Å². The molecular weight excluding hydrogens is 209 g/mol. The van der Waals surface area contributed by atoms with E-state index in [9.17, 15) is 0 Å². The third-order valence-corrected chi connectivity index (χ3v) is 2.08. The van der Waals surface area contributed by atoms with Gasteiger partial charge in [0.15, 0.2) is 0 Å². The molecule has 1 rings (SSSR count). The van der Waals surface area contributed by atoms with Crippen LogP contribution in [0, 0.1) is 11.3 Å². The fraction of sp³-hybridized carbons (Fsp3) is 0.250. The molecule has 0 saturated carbocycles. The predicted molar refractivity (Wildman–Crippen MR) is 51.4 cm³/mol. The molecule has 1 heterocycles. The minimum Gasteiger partial charge on any atom is -0.323 e. The van der Waals surface area contributed by atoms with E-state index in [0.29, 0.717) is 15.7 Å². The van der Waals surface area contributed by atoms with E-state index < -0.39 is 6.04 Å². The molecule has 0 fully saturated rings. The van der Waals surface area contributed by atoms with Crippen LogP contribution in [0.1, 0.15) is 18.0 Å². The van der Waals surface area contributed by atoms with Gasteiger partial charge in [-0.2, -0.15) is 5.26 Å². The fourth-order valence-electron chi connectivity index (χ4n) is 0.920. The number of pyridine rings is 1. The highest BCUT2D eigenvalue weighted by Crippen LogP contribution is 2.24. The first-order chi connectivity index (χ1) is 6.15. The quantitative estimate of drug-likeness (QED) is 0.771. The summed E-state index contributed by atoms with van der Waals surface area (Å²) in [6.45, 7) is 0. The summed E-state index contributed by atoms with van der Waals surface area (Å²) in [6.07, 6.45) is 1.64. The Labute approximate surface area is 86.1 Å². The van der Waals surface area contributed by atoms with Crippen LogP contribution in [0.2, 0.25) is 10.2 Å². The van der Waals surface area contributed by atoms with Gasteiger partial charge in [-0.15, -0.1) is 0 Å². The zero-order valence-corrected chi connectivity index (χ0v) is 8.18. The maximum absolute atomic E-state index is 8.44. The van der Waals surface area contributed by atoms with Gasteiger partial charge in [0.1, 0.15) is 5.15 Å². The first-order valence-electron chi connectivity index (χ1n) is 3.58. The monoisotopic (exact) mass is 215 g/mol. The zero-order chi connectivity index (χ0) is 9.84. The van der Waals surface area contributed by atoms with Crippen molar-refractivity contribution in [3.63, 3.8) is 0 Å². The number of rotatable bonds is 2. The number of nitriles is 1. The lowest BCUT2D eigenvalue weighted by Crippen LogP contribution is -2.10. The van der Waals surface area contributed by atoms with E-state index in [4.69, 9.17) is 34.2 Å². The lowest BCUT2D eigenvalue weighted by Gasteiger charge is -2.09. The number of hydrogen-bond acceptors (Lipinski definition) is 3. The molecule has 2 N–H and O–H groups in total. The van der Waals surface area contributed by atoms with Crippen molar-refractivity contribution in [2.24, 2.45) is 5.73 Å². The zero-order valence-electron chi connectivity index (χ0n) is 6.67. The highest BCUT2D eigenvalue weighted by Gasteiger charge is 2.10. The molecule has 0 radical (unpaired) electrons. The maximum Gasteiger partial charge on any atom is 0.129 e. The van der Waals surface area contributed by atoms with Crippen LogP contribution in [0.15, 0.2) is 12.3 Å². The average molecular weight is 216 g/mol. The molecule has 68 valence electrons. The molecule has 3 nitrogen and oxygen atoms in total. The van der Waals surface area contributed by atoms with Crippen molar-refractivity contribution >= 4 is 23.2 Å². The molecule has 0 saturated heterocycles. The Bertz CT molecular complexity index is 346. The summed E-state index contributed by atoms with van der Waals surface area (Å²) in [6, 6.07) is 3.14. The van der Waals surface area contributed by atoms with Gasteiger partial charge in [0.2, 0.25) is 0 Å². The number of halogens is 2. The van der Waals surface area contributed by atoms with Crippen LogP contribution in [0.5, 0.6) is 0 Å². The van der Waals surface area contributed by atoms with E-state index >= 15 is 0 Å². The van der Waals surface area contributed by atoms with Gasteiger partial charge in [0.25, 0.3) is 0 Å². The van der Waals surface area contributed by atoms with Crippen molar-refractivity contribution in [2.45, 2.75) is 12.5 Å². The predicted octanol–water partition coefficient (Wildman–Crippen LogP) is 2.30. The van der Waals surface area contributed by atoms with Crippen LogP contribution in [0.4, 0.5) is 0 Å². The largest absolute Gasteiger partial charge is 0.323 e. The Balaban J connectivity index is 3.00. The van der Waals surface area contributed by atoms with Crippen LogP contribution in [-0.2, 0) is 0 Å². The first-order valence-corrected chi connectivity index (χ1v) is 4.34. The molecule has 0 spiro atoms. The van der Waals surface area contributed by atoms with E-state index in [1.165, 1.54) is 6.20 Å². The van der Waals surface area contributed by atoms with E-state index in [2.05, 4.69) is 4.98 Å². The molecule has 0 aliphatic rings. The molecule has 0 amide bonds. The molecule has 1 aromatic heterocycles. The molecule has 0 aliphatic heterocycles. The Hall–Kier alpha value is -0.820. The standard InChI is InChI=1S/C8H7Cl2N3/c9-6-4-13-8(10)3-5(6)7(12)1-2-11/h3-4,7H,1,12H2. The average Bonchev–Trinajstić information content (AvgIpc) is 2.09. The van der Waals surface area contributed by atoms with Gasteiger partial charge in [0, 0.05) is 12.2 Å². The van der Waals surface area contributed by atoms with Crippen molar-refractivity contribution in [3.05, 3.63) is 28.0 Å². The summed E-state index contributed by atoms with van der Waals surface area (Å²) in [5.41, 5.74) is 6.34. The topological polar surface area (TPSA) is 62.7 Å². The third-order valence-electron chi connectivity index (χ3n) is 1.56. The Kier molecular flexibility index (Phi) is 3.49. The van der Waals surface area contributed by atoms with Crippen LogP contribution in [0.3, 0.4) is 0 Å². The lowest BCUT2D eigenvalue weighted by atomic mass is 10.1. The summed E-state index contributed by atoms with van der Waals surface area (Å²) in [5, 5.41) is 9.20. The van der Waals surface area contributed by atoms with Gasteiger partial charge in [-0.05, 0) is 11.6 Å². The van der Waals surface area contributed by atoms with Gasteiger partial charge in [0.05, 0.1) is 17.5 Å². The lowest BCUT2D eigenvalue weighted by molar-refractivity contribution is 0.747. The first kappa shape index (κ1) is 10.3. The second-order valence-electron chi connectivity index (χ2n) is 2.50. The van der Waals surface area contributed by atoms with E-state index in [1.807, 2.05) is 6.07 Å². The highest BCUT2D eigenvalue weighted by molar-refractivity contribution is 6.32. The van der Waals surface area contributed by atoms with E-state index in [-0.39, 0.29) is 6.42 Å². The molecule has 13 heavy (non-hydrogen) atoms. The number of nitrogens with two attached hydrogens (primary N) is 1. The molecule has 5 heteroatoms. The summed E-state index contributed by atoms with van der Waals surface area (Å²) in [4.78, 5) is 3.78. The summed E-state index contributed by atoms with van der Waals surface area (Å²) in [5.74, 6) is 0. The molecule has 0 aliphatic carbocycles. The van der Waals surface area contributed by atoms with Gasteiger partial charge < -0.3 is 5.73 Å².